The van der Waals surface area contributed by atoms with Gasteiger partial charge in [0.2, 0.25) is 5.91 Å². The summed E-state index contributed by atoms with van der Waals surface area (Å²) in [7, 11) is 2.02. The molecule has 1 heterocycles. The number of nitrogens with zero attached hydrogens (tertiary/aromatic N) is 1. The molecule has 0 unspecified atom stereocenters. The number of amides is 1. The highest BCUT2D eigenvalue weighted by Crippen LogP contribution is 2.43. The molecule has 2 fully saturated rings. The Hall–Kier alpha value is -0.570. The summed E-state index contributed by atoms with van der Waals surface area (Å²) in [5.74, 6) is 1.23. The Labute approximate surface area is 111 Å². The van der Waals surface area contributed by atoms with Gasteiger partial charge < -0.3 is 10.2 Å². The third-order valence-corrected chi connectivity index (χ3v) is 5.09. The Bertz CT molecular complexity index is 276. The van der Waals surface area contributed by atoms with E-state index >= 15 is 0 Å². The van der Waals surface area contributed by atoms with Crippen molar-refractivity contribution in [1.29, 1.82) is 0 Å². The molecule has 0 aromatic carbocycles. The zero-order valence-electron chi connectivity index (χ0n) is 12.0. The largest absolute Gasteiger partial charge is 0.342 e. The van der Waals surface area contributed by atoms with Crippen LogP contribution >= 0.6 is 0 Å². The maximum Gasteiger partial charge on any atom is 0.228 e. The van der Waals surface area contributed by atoms with E-state index in [4.69, 9.17) is 0 Å². The summed E-state index contributed by atoms with van der Waals surface area (Å²) >= 11 is 0. The van der Waals surface area contributed by atoms with E-state index in [1.165, 1.54) is 25.7 Å². The van der Waals surface area contributed by atoms with Gasteiger partial charge in [0.25, 0.3) is 0 Å². The van der Waals surface area contributed by atoms with Crippen LogP contribution in [0.1, 0.15) is 51.9 Å². The van der Waals surface area contributed by atoms with Gasteiger partial charge >= 0.3 is 0 Å². The SMILES string of the molecule is CCC1(C(=O)N2CCC(CNC)CC2)CCCC1. The Morgan fingerprint density at radius 3 is 2.39 bits per heavy atom. The van der Waals surface area contributed by atoms with E-state index in [1.807, 2.05) is 7.05 Å². The first-order chi connectivity index (χ1) is 8.72. The number of likely N-dealkylation sites (tertiary alicyclic amines) is 1. The van der Waals surface area contributed by atoms with E-state index in [1.54, 1.807) is 0 Å². The van der Waals surface area contributed by atoms with Crippen molar-refractivity contribution in [2.24, 2.45) is 11.3 Å². The lowest BCUT2D eigenvalue weighted by Gasteiger charge is -2.38. The van der Waals surface area contributed by atoms with E-state index in [-0.39, 0.29) is 5.41 Å². The molecule has 1 aliphatic heterocycles. The Morgan fingerprint density at radius 1 is 1.28 bits per heavy atom. The molecule has 0 atom stereocenters. The fourth-order valence-electron chi connectivity index (χ4n) is 3.73. The third kappa shape index (κ3) is 2.71. The van der Waals surface area contributed by atoms with Crippen LogP contribution < -0.4 is 5.32 Å². The van der Waals surface area contributed by atoms with Crippen LogP contribution in [-0.2, 0) is 4.79 Å². The van der Waals surface area contributed by atoms with Crippen molar-refractivity contribution < 1.29 is 4.79 Å². The fraction of sp³-hybridized carbons (Fsp3) is 0.933. The van der Waals surface area contributed by atoms with Gasteiger partial charge in [-0.2, -0.15) is 0 Å². The quantitative estimate of drug-likeness (QED) is 0.833. The van der Waals surface area contributed by atoms with Gasteiger partial charge in [-0.15, -0.1) is 0 Å². The molecular weight excluding hydrogens is 224 g/mol. The summed E-state index contributed by atoms with van der Waals surface area (Å²) in [6.45, 7) is 5.25. The predicted molar refractivity (Wildman–Crippen MR) is 74.4 cm³/mol. The molecule has 2 rings (SSSR count). The molecule has 1 N–H and O–H groups in total. The molecule has 0 aromatic rings. The van der Waals surface area contributed by atoms with E-state index < -0.39 is 0 Å². The van der Waals surface area contributed by atoms with Gasteiger partial charge in [0, 0.05) is 18.5 Å². The van der Waals surface area contributed by atoms with Crippen LogP contribution in [0.5, 0.6) is 0 Å². The van der Waals surface area contributed by atoms with Crippen molar-refractivity contribution in [2.75, 3.05) is 26.7 Å². The number of nitrogens with one attached hydrogen (secondary N) is 1. The van der Waals surface area contributed by atoms with Gasteiger partial charge in [-0.25, -0.2) is 0 Å². The second-order valence-electron chi connectivity index (χ2n) is 6.13. The Morgan fingerprint density at radius 2 is 1.89 bits per heavy atom. The van der Waals surface area contributed by atoms with Crippen molar-refractivity contribution in [3.8, 4) is 0 Å². The summed E-state index contributed by atoms with van der Waals surface area (Å²) in [6.07, 6.45) is 8.12. The highest BCUT2D eigenvalue weighted by Gasteiger charge is 2.42. The first-order valence-electron chi connectivity index (χ1n) is 7.66. The van der Waals surface area contributed by atoms with Gasteiger partial charge in [0.15, 0.2) is 0 Å². The lowest BCUT2D eigenvalue weighted by Crippen LogP contribution is -2.47. The second kappa shape index (κ2) is 6.05. The van der Waals surface area contributed by atoms with Crippen molar-refractivity contribution in [1.82, 2.24) is 10.2 Å². The number of carbonyl (C=O) groups excluding carboxylic acids is 1. The van der Waals surface area contributed by atoms with E-state index in [0.717, 1.165) is 44.8 Å². The van der Waals surface area contributed by atoms with Crippen LogP contribution in [0.15, 0.2) is 0 Å². The Kier molecular flexibility index (Phi) is 4.66. The average Bonchev–Trinajstić information content (AvgIpc) is 2.89. The molecule has 104 valence electrons. The summed E-state index contributed by atoms with van der Waals surface area (Å²) < 4.78 is 0. The molecule has 3 heteroatoms. The van der Waals surface area contributed by atoms with Crippen LogP contribution in [0.4, 0.5) is 0 Å². The molecule has 0 aromatic heterocycles. The monoisotopic (exact) mass is 252 g/mol. The fourth-order valence-corrected chi connectivity index (χ4v) is 3.73. The van der Waals surface area contributed by atoms with Gasteiger partial charge in [0.1, 0.15) is 0 Å². The van der Waals surface area contributed by atoms with Gasteiger partial charge in [-0.05, 0) is 51.6 Å². The molecule has 1 saturated heterocycles. The molecular formula is C15H28N2O. The highest BCUT2D eigenvalue weighted by atomic mass is 16.2. The minimum Gasteiger partial charge on any atom is -0.342 e. The van der Waals surface area contributed by atoms with Crippen LogP contribution in [0.25, 0.3) is 0 Å². The number of piperidine rings is 1. The first-order valence-corrected chi connectivity index (χ1v) is 7.66. The molecule has 18 heavy (non-hydrogen) atoms. The maximum atomic E-state index is 12.7. The molecule has 0 bridgehead atoms. The Balaban J connectivity index is 1.90. The van der Waals surface area contributed by atoms with E-state index in [2.05, 4.69) is 17.1 Å². The summed E-state index contributed by atoms with van der Waals surface area (Å²) in [5.41, 5.74) is 0.00976. The van der Waals surface area contributed by atoms with Crippen LogP contribution in [0, 0.1) is 11.3 Å². The standard InChI is InChI=1S/C15H28N2O/c1-3-15(8-4-5-9-15)14(18)17-10-6-13(7-11-17)12-16-2/h13,16H,3-12H2,1-2H3. The molecule has 3 nitrogen and oxygen atoms in total. The molecule has 1 saturated carbocycles. The van der Waals surface area contributed by atoms with Crippen molar-refractivity contribution in [3.63, 3.8) is 0 Å². The number of hydrogen-bond acceptors (Lipinski definition) is 2. The topological polar surface area (TPSA) is 32.3 Å². The van der Waals surface area contributed by atoms with Crippen molar-refractivity contribution in [2.45, 2.75) is 51.9 Å². The summed E-state index contributed by atoms with van der Waals surface area (Å²) in [4.78, 5) is 14.9. The average molecular weight is 252 g/mol. The smallest absolute Gasteiger partial charge is 0.228 e. The van der Waals surface area contributed by atoms with Crippen molar-refractivity contribution in [3.05, 3.63) is 0 Å². The van der Waals surface area contributed by atoms with E-state index in [0.29, 0.717) is 5.91 Å². The van der Waals surface area contributed by atoms with Gasteiger partial charge in [-0.3, -0.25) is 4.79 Å². The lowest BCUT2D eigenvalue weighted by atomic mass is 9.81. The zero-order valence-corrected chi connectivity index (χ0v) is 12.0. The second-order valence-corrected chi connectivity index (χ2v) is 6.13. The summed E-state index contributed by atoms with van der Waals surface area (Å²) in [6, 6.07) is 0. The zero-order chi connectivity index (χ0) is 13.0. The lowest BCUT2D eigenvalue weighted by molar-refractivity contribution is -0.143. The number of hydrogen-bond donors (Lipinski definition) is 1. The maximum absolute atomic E-state index is 12.7. The molecule has 1 aliphatic carbocycles. The minimum absolute atomic E-state index is 0.00976. The number of carbonyl (C=O) groups is 1. The van der Waals surface area contributed by atoms with Gasteiger partial charge in [0.05, 0.1) is 0 Å². The van der Waals surface area contributed by atoms with Gasteiger partial charge in [-0.1, -0.05) is 19.8 Å². The minimum atomic E-state index is 0.00976. The van der Waals surface area contributed by atoms with E-state index in [9.17, 15) is 4.79 Å². The first kappa shape index (κ1) is 13.9. The van der Waals surface area contributed by atoms with Crippen LogP contribution in [-0.4, -0.2) is 37.5 Å². The molecule has 0 radical (unpaired) electrons. The third-order valence-electron chi connectivity index (χ3n) is 5.09. The normalized spacial score (nSPS) is 24.4. The molecule has 1 amide bonds. The van der Waals surface area contributed by atoms with Crippen LogP contribution in [0.2, 0.25) is 0 Å². The van der Waals surface area contributed by atoms with Crippen molar-refractivity contribution >= 4 is 5.91 Å². The summed E-state index contributed by atoms with van der Waals surface area (Å²) in [5, 5.41) is 3.25. The van der Waals surface area contributed by atoms with Crippen LogP contribution in [0.3, 0.4) is 0 Å². The highest BCUT2D eigenvalue weighted by molar-refractivity contribution is 5.83. The molecule has 2 aliphatic rings. The predicted octanol–water partition coefficient (Wildman–Crippen LogP) is 2.41. The number of rotatable bonds is 4. The molecule has 0 spiro atoms.